The molecule has 0 spiro atoms. The Balaban J connectivity index is 1.88. The van der Waals surface area contributed by atoms with Crippen molar-refractivity contribution in [3.05, 3.63) is 29.1 Å². The Labute approximate surface area is 118 Å². The molecule has 2 aliphatic rings. The zero-order chi connectivity index (χ0) is 15.1. The highest BCUT2D eigenvalue weighted by atomic mass is 16.4. The van der Waals surface area contributed by atoms with E-state index in [9.17, 15) is 19.2 Å². The first-order valence-corrected chi connectivity index (χ1v) is 6.34. The minimum Gasteiger partial charge on any atom is -0.478 e. The molecule has 1 unspecified atom stereocenters. The Hall–Kier alpha value is -2.77. The van der Waals surface area contributed by atoms with Crippen molar-refractivity contribution in [3.8, 4) is 0 Å². The van der Waals surface area contributed by atoms with Gasteiger partial charge in [-0.1, -0.05) is 0 Å². The summed E-state index contributed by atoms with van der Waals surface area (Å²) in [5.41, 5.74) is 0.557. The summed E-state index contributed by atoms with van der Waals surface area (Å²) in [6.07, 6.45) is 1.61. The Morgan fingerprint density at radius 1 is 1.38 bits per heavy atom. The van der Waals surface area contributed by atoms with E-state index in [0.29, 0.717) is 5.69 Å². The van der Waals surface area contributed by atoms with Crippen molar-refractivity contribution in [2.75, 3.05) is 0 Å². The molecular weight excluding hydrogens is 278 g/mol. The number of nitrogens with one attached hydrogen (secondary N) is 1. The van der Waals surface area contributed by atoms with Crippen LogP contribution in [0.2, 0.25) is 0 Å². The number of carbonyl (C=O) groups excluding carboxylic acids is 3. The lowest BCUT2D eigenvalue weighted by molar-refractivity contribution is -0.136. The van der Waals surface area contributed by atoms with E-state index in [0.717, 1.165) is 0 Å². The van der Waals surface area contributed by atoms with Crippen LogP contribution in [0.5, 0.6) is 0 Å². The van der Waals surface area contributed by atoms with Crippen molar-refractivity contribution in [3.63, 3.8) is 0 Å². The maximum Gasteiger partial charge on any atom is 0.337 e. The van der Waals surface area contributed by atoms with Gasteiger partial charge in [-0.15, -0.1) is 0 Å². The molecule has 0 aliphatic carbocycles. The number of imide groups is 1. The summed E-state index contributed by atoms with van der Waals surface area (Å²) in [7, 11) is 0. The number of hydrogen-bond acceptors (Lipinski definition) is 5. The van der Waals surface area contributed by atoms with E-state index in [-0.39, 0.29) is 36.4 Å². The van der Waals surface area contributed by atoms with Gasteiger partial charge in [0.15, 0.2) is 0 Å². The average Bonchev–Trinajstić information content (AvgIpc) is 2.75. The molecule has 0 saturated carbocycles. The topological polar surface area (TPSA) is 117 Å². The summed E-state index contributed by atoms with van der Waals surface area (Å²) in [4.78, 5) is 51.5. The van der Waals surface area contributed by atoms with Gasteiger partial charge in [0, 0.05) is 12.6 Å². The maximum atomic E-state index is 12.3. The van der Waals surface area contributed by atoms with E-state index in [2.05, 4.69) is 10.3 Å². The van der Waals surface area contributed by atoms with Crippen LogP contribution in [-0.2, 0) is 16.1 Å². The van der Waals surface area contributed by atoms with Crippen molar-refractivity contribution in [2.45, 2.75) is 25.4 Å². The number of carbonyl (C=O) groups is 4. The van der Waals surface area contributed by atoms with Crippen molar-refractivity contribution < 1.29 is 24.3 Å². The fraction of sp³-hybridized carbons (Fsp3) is 0.308. The number of piperidine rings is 1. The largest absolute Gasteiger partial charge is 0.478 e. The van der Waals surface area contributed by atoms with Crippen molar-refractivity contribution in [1.82, 2.24) is 15.2 Å². The Bertz CT molecular complexity index is 684. The summed E-state index contributed by atoms with van der Waals surface area (Å²) < 4.78 is 0. The number of aromatic nitrogens is 1. The zero-order valence-corrected chi connectivity index (χ0v) is 10.8. The molecule has 3 amide bonds. The van der Waals surface area contributed by atoms with E-state index < -0.39 is 23.8 Å². The van der Waals surface area contributed by atoms with Crippen LogP contribution in [0.1, 0.15) is 39.3 Å². The molecule has 3 heterocycles. The third-order valence-electron chi connectivity index (χ3n) is 3.61. The van der Waals surface area contributed by atoms with Gasteiger partial charge in [0.05, 0.1) is 23.4 Å². The number of hydrogen-bond donors (Lipinski definition) is 2. The second-order valence-corrected chi connectivity index (χ2v) is 4.92. The van der Waals surface area contributed by atoms with Crippen molar-refractivity contribution in [1.29, 1.82) is 0 Å². The molecular formula is C13H11N3O5. The van der Waals surface area contributed by atoms with Crippen LogP contribution >= 0.6 is 0 Å². The number of fused-ring (bicyclic) bond motifs is 1. The number of pyridine rings is 1. The van der Waals surface area contributed by atoms with Crippen LogP contribution in [-0.4, -0.2) is 44.7 Å². The van der Waals surface area contributed by atoms with Crippen LogP contribution in [0, 0.1) is 0 Å². The number of nitrogens with zero attached hydrogens (tertiary/aromatic N) is 2. The fourth-order valence-corrected chi connectivity index (χ4v) is 2.54. The summed E-state index contributed by atoms with van der Waals surface area (Å²) >= 11 is 0. The van der Waals surface area contributed by atoms with Gasteiger partial charge in [-0.25, -0.2) is 4.79 Å². The molecule has 1 aromatic rings. The van der Waals surface area contributed by atoms with Crippen molar-refractivity contribution >= 4 is 23.7 Å². The Morgan fingerprint density at radius 2 is 2.14 bits per heavy atom. The third kappa shape index (κ3) is 2.14. The minimum absolute atomic E-state index is 0.0766. The molecule has 2 aliphatic heterocycles. The standard InChI is InChI=1S/C13H11N3O5/c17-10-2-1-9(11(18)15-10)16-5-8-7(12(16)19)3-6(4-14-8)13(20)21/h3-4,9H,1-2,5H2,(H,20,21)(H,15,17,18). The predicted octanol–water partition coefficient (Wildman–Crippen LogP) is -0.459. The van der Waals surface area contributed by atoms with E-state index in [1.165, 1.54) is 17.2 Å². The molecule has 8 nitrogen and oxygen atoms in total. The van der Waals surface area contributed by atoms with E-state index in [4.69, 9.17) is 5.11 Å². The maximum absolute atomic E-state index is 12.3. The molecule has 3 rings (SSSR count). The molecule has 0 radical (unpaired) electrons. The molecule has 0 aromatic carbocycles. The highest BCUT2D eigenvalue weighted by Gasteiger charge is 2.39. The molecule has 2 N–H and O–H groups in total. The molecule has 1 saturated heterocycles. The van der Waals surface area contributed by atoms with E-state index in [1.54, 1.807) is 0 Å². The third-order valence-corrected chi connectivity index (χ3v) is 3.61. The van der Waals surface area contributed by atoms with Gasteiger partial charge in [-0.05, 0) is 12.5 Å². The summed E-state index contributed by atoms with van der Waals surface area (Å²) in [6.45, 7) is 0.139. The number of rotatable bonds is 2. The smallest absolute Gasteiger partial charge is 0.337 e. The summed E-state index contributed by atoms with van der Waals surface area (Å²) in [5, 5.41) is 11.1. The Morgan fingerprint density at radius 3 is 2.81 bits per heavy atom. The first-order chi connectivity index (χ1) is 9.97. The van der Waals surface area contributed by atoms with Crippen LogP contribution < -0.4 is 5.32 Å². The zero-order valence-electron chi connectivity index (χ0n) is 10.8. The number of carboxylic acid groups (broad SMARTS) is 1. The lowest BCUT2D eigenvalue weighted by Crippen LogP contribution is -2.52. The van der Waals surface area contributed by atoms with Gasteiger partial charge in [-0.2, -0.15) is 0 Å². The quantitative estimate of drug-likeness (QED) is 0.712. The summed E-state index contributed by atoms with van der Waals surface area (Å²) in [6, 6.07) is 0.538. The molecule has 108 valence electrons. The lowest BCUT2D eigenvalue weighted by Gasteiger charge is -2.29. The molecule has 21 heavy (non-hydrogen) atoms. The minimum atomic E-state index is -1.17. The number of carboxylic acids is 1. The monoisotopic (exact) mass is 289 g/mol. The second kappa shape index (κ2) is 4.65. The average molecular weight is 289 g/mol. The number of aromatic carboxylic acids is 1. The first-order valence-electron chi connectivity index (χ1n) is 6.34. The van der Waals surface area contributed by atoms with Gasteiger partial charge in [0.1, 0.15) is 6.04 Å². The second-order valence-electron chi connectivity index (χ2n) is 4.92. The van der Waals surface area contributed by atoms with E-state index >= 15 is 0 Å². The normalized spacial score (nSPS) is 21.2. The molecule has 8 heteroatoms. The lowest BCUT2D eigenvalue weighted by atomic mass is 10.0. The summed E-state index contributed by atoms with van der Waals surface area (Å²) in [5.74, 6) is -2.47. The van der Waals surface area contributed by atoms with Crippen LogP contribution in [0.25, 0.3) is 0 Å². The van der Waals surface area contributed by atoms with Gasteiger partial charge in [0.25, 0.3) is 5.91 Å². The highest BCUT2D eigenvalue weighted by molar-refractivity contribution is 6.05. The van der Waals surface area contributed by atoms with Gasteiger partial charge < -0.3 is 10.0 Å². The molecule has 0 bridgehead atoms. The van der Waals surface area contributed by atoms with Crippen LogP contribution in [0.15, 0.2) is 12.3 Å². The molecule has 1 atom stereocenters. The predicted molar refractivity (Wildman–Crippen MR) is 67.2 cm³/mol. The van der Waals surface area contributed by atoms with Gasteiger partial charge in [-0.3, -0.25) is 24.7 Å². The SMILES string of the molecule is O=C1CCC(N2Cc3ncc(C(=O)O)cc3C2=O)C(=O)N1. The fourth-order valence-electron chi connectivity index (χ4n) is 2.54. The van der Waals surface area contributed by atoms with Gasteiger partial charge in [0.2, 0.25) is 11.8 Å². The molecule has 1 fully saturated rings. The van der Waals surface area contributed by atoms with Gasteiger partial charge >= 0.3 is 5.97 Å². The van der Waals surface area contributed by atoms with Crippen LogP contribution in [0.4, 0.5) is 0 Å². The first kappa shape index (κ1) is 13.2. The Kier molecular flexibility index (Phi) is 2.93. The van der Waals surface area contributed by atoms with E-state index in [1.807, 2.05) is 0 Å². The van der Waals surface area contributed by atoms with Crippen LogP contribution in [0.3, 0.4) is 0 Å². The highest BCUT2D eigenvalue weighted by Crippen LogP contribution is 2.26. The molecule has 1 aromatic heterocycles. The van der Waals surface area contributed by atoms with Crippen molar-refractivity contribution in [2.24, 2.45) is 0 Å². The number of amides is 3.